The first kappa shape index (κ1) is 8.74. The summed E-state index contributed by atoms with van der Waals surface area (Å²) < 4.78 is 4.39. The van der Waals surface area contributed by atoms with Crippen LogP contribution in [0.2, 0.25) is 0 Å². The molecule has 4 nitrogen and oxygen atoms in total. The first-order chi connectivity index (χ1) is 6.75. The van der Waals surface area contributed by atoms with Crippen molar-refractivity contribution in [3.63, 3.8) is 0 Å². The lowest BCUT2D eigenvalue weighted by atomic mass is 10.2. The Morgan fingerprint density at radius 3 is 2.50 bits per heavy atom. The molecule has 0 aliphatic carbocycles. The average molecular weight is 191 g/mol. The fourth-order valence-corrected chi connectivity index (χ4v) is 1.34. The van der Waals surface area contributed by atoms with Crippen molar-refractivity contribution in [2.24, 2.45) is 0 Å². The molecule has 0 unspecified atom stereocenters. The monoisotopic (exact) mass is 191 g/mol. The normalized spacial score (nSPS) is 15.9. The maximum absolute atomic E-state index is 11.1. The summed E-state index contributed by atoms with van der Waals surface area (Å²) in [7, 11) is 0. The number of esters is 1. The van der Waals surface area contributed by atoms with E-state index in [9.17, 15) is 9.59 Å². The van der Waals surface area contributed by atoms with E-state index in [1.807, 2.05) is 30.3 Å². The molecule has 0 radical (unpaired) electrons. The number of carbonyl (C=O) groups excluding carboxylic acids is 2. The molecule has 72 valence electrons. The molecule has 0 atom stereocenters. The van der Waals surface area contributed by atoms with E-state index in [2.05, 4.69) is 4.74 Å². The van der Waals surface area contributed by atoms with E-state index in [4.69, 9.17) is 0 Å². The summed E-state index contributed by atoms with van der Waals surface area (Å²) in [5.41, 5.74) is 0.985. The molecule has 0 aromatic heterocycles. The van der Waals surface area contributed by atoms with Gasteiger partial charge in [-0.25, -0.2) is 9.59 Å². The van der Waals surface area contributed by atoms with Gasteiger partial charge in [-0.1, -0.05) is 30.3 Å². The van der Waals surface area contributed by atoms with Gasteiger partial charge >= 0.3 is 12.1 Å². The van der Waals surface area contributed by atoms with Gasteiger partial charge in [0.1, 0.15) is 6.54 Å². The maximum atomic E-state index is 11.1. The molecule has 14 heavy (non-hydrogen) atoms. The maximum Gasteiger partial charge on any atom is 0.418 e. The van der Waals surface area contributed by atoms with Crippen LogP contribution in [0.1, 0.15) is 5.56 Å². The predicted octanol–water partition coefficient (Wildman–Crippen LogP) is 1.17. The van der Waals surface area contributed by atoms with E-state index in [0.717, 1.165) is 5.56 Å². The molecule has 1 aliphatic heterocycles. The molecule has 1 saturated heterocycles. The number of benzene rings is 1. The number of hydrogen-bond donors (Lipinski definition) is 0. The Labute approximate surface area is 81.1 Å². The molecular formula is C10H9NO3. The predicted molar refractivity (Wildman–Crippen MR) is 48.3 cm³/mol. The Morgan fingerprint density at radius 1 is 1.21 bits per heavy atom. The van der Waals surface area contributed by atoms with Gasteiger partial charge in [0.05, 0.1) is 0 Å². The minimum Gasteiger partial charge on any atom is -0.375 e. The molecule has 1 aromatic rings. The summed E-state index contributed by atoms with van der Waals surface area (Å²) >= 11 is 0. The average Bonchev–Trinajstić information content (AvgIpc) is 2.47. The lowest BCUT2D eigenvalue weighted by molar-refractivity contribution is -0.132. The Morgan fingerprint density at radius 2 is 1.93 bits per heavy atom. The molecular weight excluding hydrogens is 182 g/mol. The molecule has 1 heterocycles. The van der Waals surface area contributed by atoms with Crippen LogP contribution in [-0.2, 0) is 16.1 Å². The number of ether oxygens (including phenoxy) is 1. The highest BCUT2D eigenvalue weighted by Crippen LogP contribution is 2.10. The largest absolute Gasteiger partial charge is 0.418 e. The van der Waals surface area contributed by atoms with E-state index in [-0.39, 0.29) is 6.54 Å². The van der Waals surface area contributed by atoms with Crippen LogP contribution in [0.15, 0.2) is 30.3 Å². The van der Waals surface area contributed by atoms with Crippen molar-refractivity contribution in [2.75, 3.05) is 6.54 Å². The topological polar surface area (TPSA) is 46.6 Å². The summed E-state index contributed by atoms with van der Waals surface area (Å²) in [5.74, 6) is -0.481. The zero-order valence-corrected chi connectivity index (χ0v) is 7.47. The van der Waals surface area contributed by atoms with E-state index < -0.39 is 12.1 Å². The summed E-state index contributed by atoms with van der Waals surface area (Å²) in [6.45, 7) is 0.471. The van der Waals surface area contributed by atoms with Gasteiger partial charge in [0.2, 0.25) is 0 Å². The summed E-state index contributed by atoms with van der Waals surface area (Å²) in [6, 6.07) is 9.47. The molecule has 0 bridgehead atoms. The number of hydrogen-bond acceptors (Lipinski definition) is 3. The van der Waals surface area contributed by atoms with Gasteiger partial charge in [-0.05, 0) is 5.56 Å². The minimum atomic E-state index is -0.557. The van der Waals surface area contributed by atoms with Crippen LogP contribution in [0.4, 0.5) is 4.79 Å². The number of nitrogens with zero attached hydrogens (tertiary/aromatic N) is 1. The lowest BCUT2D eigenvalue weighted by Crippen LogP contribution is -2.23. The lowest BCUT2D eigenvalue weighted by Gasteiger charge is -2.10. The molecule has 1 aromatic carbocycles. The molecule has 1 aliphatic rings. The number of amides is 1. The number of cyclic esters (lactones) is 2. The van der Waals surface area contributed by atoms with Crippen molar-refractivity contribution < 1.29 is 14.3 Å². The van der Waals surface area contributed by atoms with Crippen LogP contribution in [0.25, 0.3) is 0 Å². The van der Waals surface area contributed by atoms with Gasteiger partial charge < -0.3 is 4.74 Å². The summed E-state index contributed by atoms with van der Waals surface area (Å²) in [4.78, 5) is 23.2. The van der Waals surface area contributed by atoms with E-state index >= 15 is 0 Å². The molecule has 0 spiro atoms. The Kier molecular flexibility index (Phi) is 2.18. The second-order valence-corrected chi connectivity index (χ2v) is 3.08. The van der Waals surface area contributed by atoms with Gasteiger partial charge in [0.15, 0.2) is 0 Å². The Hall–Kier alpha value is -1.84. The van der Waals surface area contributed by atoms with Gasteiger partial charge in [0.25, 0.3) is 0 Å². The zero-order valence-electron chi connectivity index (χ0n) is 7.47. The molecule has 1 fully saturated rings. The minimum absolute atomic E-state index is 0.0493. The third-order valence-electron chi connectivity index (χ3n) is 2.00. The third kappa shape index (κ3) is 1.74. The summed E-state index contributed by atoms with van der Waals surface area (Å²) in [6.07, 6.45) is -0.557. The molecule has 0 saturated carbocycles. The molecule has 4 heteroatoms. The highest BCUT2D eigenvalue weighted by atomic mass is 16.6. The summed E-state index contributed by atoms with van der Waals surface area (Å²) in [5, 5.41) is 0. The number of carbonyl (C=O) groups is 2. The fourth-order valence-electron chi connectivity index (χ4n) is 1.34. The fraction of sp³-hybridized carbons (Fsp3) is 0.200. The highest BCUT2D eigenvalue weighted by molar-refractivity contribution is 5.92. The third-order valence-corrected chi connectivity index (χ3v) is 2.00. The van der Waals surface area contributed by atoms with Crippen molar-refractivity contribution in [1.29, 1.82) is 0 Å². The first-order valence-corrected chi connectivity index (χ1v) is 4.29. The van der Waals surface area contributed by atoms with Crippen LogP contribution >= 0.6 is 0 Å². The molecule has 0 N–H and O–H groups in total. The van der Waals surface area contributed by atoms with E-state index in [0.29, 0.717) is 6.54 Å². The van der Waals surface area contributed by atoms with Crippen molar-refractivity contribution >= 4 is 12.1 Å². The van der Waals surface area contributed by atoms with Gasteiger partial charge in [-0.2, -0.15) is 0 Å². The smallest absolute Gasteiger partial charge is 0.375 e. The number of rotatable bonds is 2. The van der Waals surface area contributed by atoms with Crippen LogP contribution in [-0.4, -0.2) is 23.5 Å². The van der Waals surface area contributed by atoms with E-state index in [1.165, 1.54) is 4.90 Å². The van der Waals surface area contributed by atoms with E-state index in [1.54, 1.807) is 0 Å². The molecule has 2 rings (SSSR count). The second-order valence-electron chi connectivity index (χ2n) is 3.08. The van der Waals surface area contributed by atoms with Crippen LogP contribution < -0.4 is 0 Å². The highest BCUT2D eigenvalue weighted by Gasteiger charge is 2.29. The van der Waals surface area contributed by atoms with Gasteiger partial charge in [-0.3, -0.25) is 4.90 Å². The molecule has 1 amide bonds. The standard InChI is InChI=1S/C10H9NO3/c12-9-7-11(10(13)14-9)6-8-4-2-1-3-5-8/h1-5H,6-7H2. The van der Waals surface area contributed by atoms with Crippen molar-refractivity contribution in [2.45, 2.75) is 6.54 Å². The zero-order chi connectivity index (χ0) is 9.97. The van der Waals surface area contributed by atoms with Crippen LogP contribution in [0.3, 0.4) is 0 Å². The van der Waals surface area contributed by atoms with Crippen LogP contribution in [0, 0.1) is 0 Å². The SMILES string of the molecule is O=C1CN(Cc2ccccc2)C(=O)O1. The Balaban J connectivity index is 2.05. The Bertz CT molecular complexity index is 361. The van der Waals surface area contributed by atoms with Crippen molar-refractivity contribution in [3.8, 4) is 0 Å². The van der Waals surface area contributed by atoms with Crippen molar-refractivity contribution in [1.82, 2.24) is 4.90 Å². The van der Waals surface area contributed by atoms with Gasteiger partial charge in [0, 0.05) is 6.54 Å². The van der Waals surface area contributed by atoms with Gasteiger partial charge in [-0.15, -0.1) is 0 Å². The first-order valence-electron chi connectivity index (χ1n) is 4.29. The van der Waals surface area contributed by atoms with Crippen LogP contribution in [0.5, 0.6) is 0 Å². The quantitative estimate of drug-likeness (QED) is 0.520. The van der Waals surface area contributed by atoms with Crippen molar-refractivity contribution in [3.05, 3.63) is 35.9 Å². The second kappa shape index (κ2) is 3.49.